The van der Waals surface area contributed by atoms with Crippen molar-refractivity contribution in [3.8, 4) is 5.75 Å². The number of halogens is 4. The molecule has 57 heavy (non-hydrogen) atoms. The van der Waals surface area contributed by atoms with Crippen LogP contribution >= 0.6 is 23.2 Å². The van der Waals surface area contributed by atoms with Gasteiger partial charge in [0.25, 0.3) is 5.56 Å². The minimum Gasteiger partial charge on any atom is -0.497 e. The average Bonchev–Trinajstić information content (AvgIpc) is 3.74. The lowest BCUT2D eigenvalue weighted by molar-refractivity contribution is -0.121. The molecule has 3 heterocycles. The fourth-order valence-electron chi connectivity index (χ4n) is 6.20. The molecule has 1 aliphatic heterocycles. The predicted molar refractivity (Wildman–Crippen MR) is 218 cm³/mol. The molecule has 5 rings (SSSR count). The Labute approximate surface area is 339 Å². The summed E-state index contributed by atoms with van der Waals surface area (Å²) in [5, 5.41) is 8.82. The maximum absolute atomic E-state index is 14.3. The van der Waals surface area contributed by atoms with Gasteiger partial charge in [0.1, 0.15) is 17.3 Å². The Balaban J connectivity index is 1.10. The Morgan fingerprint density at radius 3 is 2.42 bits per heavy atom. The molecule has 0 saturated heterocycles. The summed E-state index contributed by atoms with van der Waals surface area (Å²) < 4.78 is 64.4. The minimum absolute atomic E-state index is 0.0465. The molecule has 0 aliphatic carbocycles. The van der Waals surface area contributed by atoms with Crippen molar-refractivity contribution < 1.29 is 31.4 Å². The van der Waals surface area contributed by atoms with Crippen molar-refractivity contribution in [2.45, 2.75) is 57.9 Å². The first-order valence-corrected chi connectivity index (χ1v) is 20.0. The van der Waals surface area contributed by atoms with E-state index in [1.54, 1.807) is 40.0 Å². The van der Waals surface area contributed by atoms with Crippen molar-refractivity contribution in [3.63, 3.8) is 0 Å². The first kappa shape index (κ1) is 43.0. The maximum Gasteiger partial charge on any atom is 0.677 e. The number of rotatable bonds is 17. The van der Waals surface area contributed by atoms with Crippen LogP contribution in [-0.4, -0.2) is 67.8 Å². The van der Waals surface area contributed by atoms with Crippen molar-refractivity contribution >= 4 is 69.9 Å². The highest BCUT2D eigenvalue weighted by molar-refractivity contribution is 7.89. The maximum atomic E-state index is 14.3. The van der Waals surface area contributed by atoms with Crippen LogP contribution in [-0.2, 0) is 32.6 Å². The third-order valence-corrected chi connectivity index (χ3v) is 11.6. The van der Waals surface area contributed by atoms with Gasteiger partial charge in [-0.05, 0) is 111 Å². The zero-order chi connectivity index (χ0) is 41.4. The number of benzene rings is 2. The molecule has 2 amide bonds. The molecule has 0 unspecified atom stereocenters. The number of allylic oxidation sites excluding steroid dienone is 2. The van der Waals surface area contributed by atoms with Crippen LogP contribution in [0.4, 0.5) is 14.3 Å². The number of amides is 2. The van der Waals surface area contributed by atoms with Crippen molar-refractivity contribution in [2.24, 2.45) is 4.99 Å². The van der Waals surface area contributed by atoms with Gasteiger partial charge in [-0.3, -0.25) is 23.0 Å². The Morgan fingerprint density at radius 1 is 1.00 bits per heavy atom. The highest BCUT2D eigenvalue weighted by Crippen LogP contribution is 2.29. The Kier molecular flexibility index (Phi) is 14.3. The summed E-state index contributed by atoms with van der Waals surface area (Å²) >= 11 is 11.6. The lowest BCUT2D eigenvalue weighted by atomic mass is 10.0. The molecule has 19 heteroatoms. The van der Waals surface area contributed by atoms with Gasteiger partial charge in [0.05, 0.1) is 34.6 Å². The highest BCUT2D eigenvalue weighted by Gasteiger charge is 2.27. The molecule has 0 bridgehead atoms. The van der Waals surface area contributed by atoms with Gasteiger partial charge >= 0.3 is 7.40 Å². The van der Waals surface area contributed by atoms with E-state index in [-0.39, 0.29) is 52.5 Å². The van der Waals surface area contributed by atoms with Gasteiger partial charge in [-0.1, -0.05) is 29.3 Å². The van der Waals surface area contributed by atoms with E-state index in [1.807, 2.05) is 30.3 Å². The van der Waals surface area contributed by atoms with Gasteiger partial charge in [-0.25, -0.2) is 22.8 Å². The van der Waals surface area contributed by atoms with Crippen LogP contribution < -0.4 is 25.7 Å². The number of sulfonamides is 1. The number of nitrogens with one attached hydrogen (secondary N) is 3. The van der Waals surface area contributed by atoms with Crippen LogP contribution in [0.3, 0.4) is 0 Å². The van der Waals surface area contributed by atoms with Gasteiger partial charge in [0.2, 0.25) is 21.8 Å². The monoisotopic (exact) mass is 841 g/mol. The first-order valence-electron chi connectivity index (χ1n) is 17.8. The minimum atomic E-state index is -3.97. The number of ether oxygens (including phenoxy) is 1. The highest BCUT2D eigenvalue weighted by atomic mass is 35.5. The van der Waals surface area contributed by atoms with Crippen LogP contribution in [0.1, 0.15) is 52.9 Å². The summed E-state index contributed by atoms with van der Waals surface area (Å²) in [6, 6.07) is 11.7. The van der Waals surface area contributed by atoms with Crippen molar-refractivity contribution in [2.75, 3.05) is 25.5 Å². The summed E-state index contributed by atoms with van der Waals surface area (Å²) in [7, 11) is -5.19. The summed E-state index contributed by atoms with van der Waals surface area (Å²) in [5.74, 6) is -0.196. The zero-order valence-corrected chi connectivity index (χ0v) is 33.9. The third-order valence-electron chi connectivity index (χ3n) is 9.24. The molecule has 0 radical (unpaired) electrons. The van der Waals surface area contributed by atoms with Crippen LogP contribution in [0.15, 0.2) is 81.2 Å². The Bertz CT molecular complexity index is 2430. The van der Waals surface area contributed by atoms with Crippen molar-refractivity contribution in [1.82, 2.24) is 24.3 Å². The average molecular weight is 843 g/mol. The van der Waals surface area contributed by atoms with E-state index in [0.29, 0.717) is 58.1 Å². The van der Waals surface area contributed by atoms with E-state index in [2.05, 4.69) is 25.4 Å². The molecule has 2 aromatic heterocycles. The number of aromatic nitrogens is 3. The second kappa shape index (κ2) is 18.9. The molecule has 0 fully saturated rings. The standard InChI is InChI=1S/C38H40BCl2F2N7O6S/c1-23-7-10-28(48-36(52)22-49-38(53)37(41)31(40)21-45-49)20-34(23)57(54,55)46-18-6-5-17-44-35(51)16-14-30-24(2)33(50(25(30)3)39(42)43)19-27-11-15-32(47-27)26-8-12-29(56-4)13-9-26/h7-13,15,19-21,46H,5-6,14,16-18,22H2,1-4H3,(H,44,51)(H,48,52)/b27-19-. The molecule has 2 aromatic carbocycles. The van der Waals surface area contributed by atoms with E-state index in [1.165, 1.54) is 18.2 Å². The van der Waals surface area contributed by atoms with Crippen molar-refractivity contribution in [1.29, 1.82) is 0 Å². The summed E-state index contributed by atoms with van der Waals surface area (Å²) in [6.07, 6.45) is 7.55. The third kappa shape index (κ3) is 10.7. The second-order valence-electron chi connectivity index (χ2n) is 13.1. The number of carbonyl (C=O) groups is 2. The number of carbonyl (C=O) groups excluding carboxylic acids is 2. The van der Waals surface area contributed by atoms with Gasteiger partial charge in [-0.15, -0.1) is 0 Å². The van der Waals surface area contributed by atoms with Gasteiger partial charge in [0.15, 0.2) is 0 Å². The van der Waals surface area contributed by atoms with Gasteiger partial charge < -0.3 is 19.8 Å². The largest absolute Gasteiger partial charge is 0.677 e. The van der Waals surface area contributed by atoms with Crippen molar-refractivity contribution in [3.05, 3.63) is 121 Å². The van der Waals surface area contributed by atoms with E-state index in [4.69, 9.17) is 27.9 Å². The summed E-state index contributed by atoms with van der Waals surface area (Å²) in [6.45, 7) is 4.87. The van der Waals surface area contributed by atoms with Crippen LogP contribution in [0.25, 0.3) is 6.08 Å². The fourth-order valence-corrected chi connectivity index (χ4v) is 7.82. The number of hydrogen-bond acceptors (Lipinski definition) is 8. The Hall–Kier alpha value is -5.10. The topological polar surface area (TPSA) is 166 Å². The lowest BCUT2D eigenvalue weighted by Crippen LogP contribution is -2.30. The zero-order valence-electron chi connectivity index (χ0n) is 31.5. The number of anilines is 1. The van der Waals surface area contributed by atoms with E-state index in [9.17, 15) is 31.4 Å². The number of hydrogen-bond donors (Lipinski definition) is 3. The second-order valence-corrected chi connectivity index (χ2v) is 15.6. The molecule has 13 nitrogen and oxygen atoms in total. The van der Waals surface area contributed by atoms with E-state index < -0.39 is 35.4 Å². The SMILES string of the molecule is COc1ccc(C2=N/C(=C\c3c(C)c(CCC(=O)NCCCCNS(=O)(=O)c4cc(NC(=O)Cn5ncc(Cl)c(Cl)c5=O)ccc4C)c(C)n3B(F)F)C=C2)cc1. The van der Waals surface area contributed by atoms with Crippen LogP contribution in [0.2, 0.25) is 10.0 Å². The number of unbranched alkanes of at least 4 members (excludes halogenated alkanes) is 1. The molecule has 4 aromatic rings. The molecular weight excluding hydrogens is 802 g/mol. The molecule has 1 aliphatic rings. The van der Waals surface area contributed by atoms with Crippen LogP contribution in [0.5, 0.6) is 5.75 Å². The van der Waals surface area contributed by atoms with E-state index in [0.717, 1.165) is 20.9 Å². The molecular formula is C38H40BCl2F2N7O6S. The van der Waals surface area contributed by atoms with Gasteiger partial charge in [-0.2, -0.15) is 5.10 Å². The predicted octanol–water partition coefficient (Wildman–Crippen LogP) is 5.90. The lowest BCUT2D eigenvalue weighted by Gasteiger charge is -2.12. The van der Waals surface area contributed by atoms with Crippen LogP contribution in [0, 0.1) is 20.8 Å². The Morgan fingerprint density at radius 2 is 1.72 bits per heavy atom. The van der Waals surface area contributed by atoms with Gasteiger partial charge in [0, 0.05) is 42.1 Å². The summed E-state index contributed by atoms with van der Waals surface area (Å²) in [5.41, 5.74) is 3.95. The molecule has 3 N–H and O–H groups in total. The quantitative estimate of drug-likeness (QED) is 0.0880. The fraction of sp³-hybridized carbons (Fsp3) is 0.289. The normalized spacial score (nSPS) is 13.2. The molecule has 0 saturated carbocycles. The van der Waals surface area contributed by atoms with E-state index >= 15 is 0 Å². The number of methoxy groups -OCH3 is 1. The number of aryl methyl sites for hydroxylation is 1. The number of aliphatic imine (C=N–C) groups is 1. The smallest absolute Gasteiger partial charge is 0.497 e. The number of nitrogens with zero attached hydrogens (tertiary/aromatic N) is 4. The summed E-state index contributed by atoms with van der Waals surface area (Å²) in [4.78, 5) is 42.1. The molecule has 0 spiro atoms. The molecule has 0 atom stereocenters. The molecule has 300 valence electrons. The first-order chi connectivity index (χ1) is 27.1.